The van der Waals surface area contributed by atoms with Crippen molar-refractivity contribution in [2.75, 3.05) is 5.32 Å². The number of benzene rings is 1. The summed E-state index contributed by atoms with van der Waals surface area (Å²) in [4.78, 5) is 16.4. The Morgan fingerprint density at radius 1 is 1.11 bits per heavy atom. The molecule has 1 aliphatic rings. The van der Waals surface area contributed by atoms with Gasteiger partial charge in [0.15, 0.2) is 0 Å². The fraction of sp³-hybridized carbons (Fsp3) is 0.0625. The summed E-state index contributed by atoms with van der Waals surface area (Å²) in [5.41, 5.74) is 2.71. The molecule has 0 spiro atoms. The van der Waals surface area contributed by atoms with E-state index >= 15 is 0 Å². The smallest absolute Gasteiger partial charge is 0.232 e. The molecule has 5 radical (unpaired) electrons. The van der Waals surface area contributed by atoms with Crippen LogP contribution in [0.25, 0.3) is 10.9 Å². The third-order valence-corrected chi connectivity index (χ3v) is 3.01. The number of fused-ring (bicyclic) bond motifs is 1. The van der Waals surface area contributed by atoms with E-state index in [9.17, 15) is 4.79 Å². The Kier molecular flexibility index (Phi) is 3.20. The van der Waals surface area contributed by atoms with Gasteiger partial charge in [-0.2, -0.15) is 0 Å². The molecule has 0 saturated heterocycles. The van der Waals surface area contributed by atoms with Gasteiger partial charge in [-0.25, -0.2) is 0 Å². The third-order valence-electron chi connectivity index (χ3n) is 3.01. The average Bonchev–Trinajstić information content (AvgIpc) is 2.93. The molecule has 0 atom stereocenters. The van der Waals surface area contributed by atoms with Crippen LogP contribution in [0, 0.1) is 38.5 Å². The molecule has 1 fully saturated rings. The first kappa shape index (κ1) is 12.2. The summed E-state index contributed by atoms with van der Waals surface area (Å²) in [7, 11) is 0. The second-order valence-corrected chi connectivity index (χ2v) is 4.49. The Labute approximate surface area is 113 Å². The lowest BCUT2D eigenvalue weighted by Gasteiger charge is -2.10. The van der Waals surface area contributed by atoms with Crippen molar-refractivity contribution >= 4 is 22.5 Å². The normalized spacial score (nSPS) is 15.8. The zero-order valence-corrected chi connectivity index (χ0v) is 10.6. The second-order valence-electron chi connectivity index (χ2n) is 4.49. The maximum atomic E-state index is 11.9. The van der Waals surface area contributed by atoms with Gasteiger partial charge in [-0.1, -0.05) is 6.07 Å². The molecule has 1 saturated carbocycles. The van der Waals surface area contributed by atoms with Gasteiger partial charge in [0.05, 0.1) is 11.4 Å². The third kappa shape index (κ3) is 2.60. The molecule has 3 nitrogen and oxygen atoms in total. The number of carbonyl (C=O) groups is 1. The van der Waals surface area contributed by atoms with E-state index < -0.39 is 0 Å². The van der Waals surface area contributed by atoms with Gasteiger partial charge < -0.3 is 5.32 Å². The molecule has 3 rings (SSSR count). The number of hydrogen-bond acceptors (Lipinski definition) is 2. The van der Waals surface area contributed by atoms with Crippen LogP contribution in [-0.4, -0.2) is 10.9 Å². The lowest BCUT2D eigenvalue weighted by atomic mass is 10.1. The van der Waals surface area contributed by atoms with Gasteiger partial charge in [0.25, 0.3) is 0 Å². The Hall–Kier alpha value is -1.90. The quantitative estimate of drug-likeness (QED) is 0.889. The van der Waals surface area contributed by atoms with E-state index in [4.69, 9.17) is 0 Å². The number of amides is 1. The Balaban J connectivity index is 1.81. The highest BCUT2D eigenvalue weighted by molar-refractivity contribution is 6.05. The van der Waals surface area contributed by atoms with Crippen molar-refractivity contribution in [2.24, 2.45) is 0 Å². The summed E-state index contributed by atoms with van der Waals surface area (Å²) < 4.78 is 0. The van der Waals surface area contributed by atoms with Gasteiger partial charge in [0.2, 0.25) is 5.91 Å². The Morgan fingerprint density at radius 2 is 1.89 bits per heavy atom. The second kappa shape index (κ2) is 5.00. The topological polar surface area (TPSA) is 42.0 Å². The van der Waals surface area contributed by atoms with Crippen molar-refractivity contribution in [1.29, 1.82) is 0 Å². The number of aromatic nitrogens is 1. The monoisotopic (exact) mass is 249 g/mol. The summed E-state index contributed by atoms with van der Waals surface area (Å²) in [5, 5.41) is 3.90. The zero-order chi connectivity index (χ0) is 13.2. The van der Waals surface area contributed by atoms with Gasteiger partial charge in [-0.05, 0) is 56.9 Å². The van der Waals surface area contributed by atoms with Crippen LogP contribution in [0.2, 0.25) is 0 Å². The number of anilines is 1. The largest absolute Gasteiger partial charge is 0.326 e. The summed E-state index contributed by atoms with van der Waals surface area (Å²) in [6, 6.07) is 9.70. The van der Waals surface area contributed by atoms with E-state index in [0.717, 1.165) is 22.3 Å². The number of rotatable bonds is 2. The molecule has 0 aliphatic heterocycles. The Morgan fingerprint density at radius 3 is 2.68 bits per heavy atom. The minimum atomic E-state index is -0.0931. The predicted molar refractivity (Wildman–Crippen MR) is 75.6 cm³/mol. The first-order chi connectivity index (χ1) is 9.22. The van der Waals surface area contributed by atoms with Crippen LogP contribution in [0.4, 0.5) is 5.69 Å². The molecule has 19 heavy (non-hydrogen) atoms. The minimum absolute atomic E-state index is 0.0931. The molecule has 1 heterocycles. The number of nitrogens with zero attached hydrogens (tertiary/aromatic N) is 1. The Bertz CT molecular complexity index is 615. The fourth-order valence-corrected chi connectivity index (χ4v) is 2.03. The lowest BCUT2D eigenvalue weighted by Crippen LogP contribution is -2.19. The zero-order valence-electron chi connectivity index (χ0n) is 10.6. The molecule has 1 amide bonds. The van der Waals surface area contributed by atoms with Crippen molar-refractivity contribution in [3.63, 3.8) is 0 Å². The van der Waals surface area contributed by atoms with Gasteiger partial charge in [-0.15, -0.1) is 0 Å². The van der Waals surface area contributed by atoms with Crippen LogP contribution in [0.15, 0.2) is 30.3 Å². The molecule has 93 valence electrons. The number of pyridine rings is 1. The molecule has 1 aromatic heterocycles. The molecule has 1 N–H and O–H groups in total. The predicted octanol–water partition coefficient (Wildman–Crippen LogP) is 2.89. The average molecular weight is 249 g/mol. The molecule has 0 unspecified atom stereocenters. The SMILES string of the molecule is Cc1ccc2cc(NC(=O)[C]3[CH][CH][CH][CH]3)ccc2n1. The lowest BCUT2D eigenvalue weighted by molar-refractivity contribution is -0.113. The first-order valence-corrected chi connectivity index (χ1v) is 6.13. The van der Waals surface area contributed by atoms with E-state index in [1.807, 2.05) is 50.1 Å². The highest BCUT2D eigenvalue weighted by Gasteiger charge is 2.24. The van der Waals surface area contributed by atoms with Crippen molar-refractivity contribution < 1.29 is 4.79 Å². The van der Waals surface area contributed by atoms with Crippen LogP contribution < -0.4 is 5.32 Å². The van der Waals surface area contributed by atoms with Gasteiger partial charge >= 0.3 is 0 Å². The van der Waals surface area contributed by atoms with Gasteiger partial charge in [0, 0.05) is 16.8 Å². The van der Waals surface area contributed by atoms with Crippen LogP contribution in [-0.2, 0) is 4.79 Å². The number of nitrogens with one attached hydrogen (secondary N) is 1. The minimum Gasteiger partial charge on any atom is -0.326 e. The van der Waals surface area contributed by atoms with Crippen molar-refractivity contribution in [1.82, 2.24) is 4.98 Å². The van der Waals surface area contributed by atoms with E-state index in [2.05, 4.69) is 10.3 Å². The maximum absolute atomic E-state index is 11.9. The number of aryl methyl sites for hydroxylation is 1. The summed E-state index contributed by atoms with van der Waals surface area (Å²) >= 11 is 0. The highest BCUT2D eigenvalue weighted by Crippen LogP contribution is 2.25. The summed E-state index contributed by atoms with van der Waals surface area (Å²) in [6.07, 6.45) is 7.28. The molecular formula is C16H13N2O. The van der Waals surface area contributed by atoms with E-state index in [1.54, 1.807) is 12.8 Å². The van der Waals surface area contributed by atoms with Crippen molar-refractivity contribution in [3.05, 3.63) is 67.6 Å². The summed E-state index contributed by atoms with van der Waals surface area (Å²) in [6.45, 7) is 1.96. The number of hydrogen-bond donors (Lipinski definition) is 1. The van der Waals surface area contributed by atoms with E-state index in [1.165, 1.54) is 0 Å². The molecule has 3 heteroatoms. The van der Waals surface area contributed by atoms with E-state index in [0.29, 0.717) is 5.92 Å². The van der Waals surface area contributed by atoms with Crippen LogP contribution >= 0.6 is 0 Å². The number of carbonyl (C=O) groups excluding carboxylic acids is 1. The van der Waals surface area contributed by atoms with Crippen LogP contribution in [0.1, 0.15) is 5.69 Å². The molecule has 1 aliphatic carbocycles. The maximum Gasteiger partial charge on any atom is 0.232 e. The molecular weight excluding hydrogens is 236 g/mol. The molecule has 0 bridgehead atoms. The van der Waals surface area contributed by atoms with Gasteiger partial charge in [0.1, 0.15) is 0 Å². The standard InChI is InChI=1S/C16H13N2O/c1-11-6-7-13-10-14(8-9-15(13)17-11)18-16(19)12-4-2-3-5-12/h2-10H,1H3,(H,18,19). The molecule has 2 aromatic rings. The first-order valence-electron chi connectivity index (χ1n) is 6.13. The van der Waals surface area contributed by atoms with Crippen LogP contribution in [0.3, 0.4) is 0 Å². The van der Waals surface area contributed by atoms with Crippen LogP contribution in [0.5, 0.6) is 0 Å². The van der Waals surface area contributed by atoms with E-state index in [-0.39, 0.29) is 5.91 Å². The van der Waals surface area contributed by atoms with Crippen molar-refractivity contribution in [2.45, 2.75) is 6.92 Å². The van der Waals surface area contributed by atoms with Crippen molar-refractivity contribution in [3.8, 4) is 0 Å². The summed E-state index contributed by atoms with van der Waals surface area (Å²) in [5.74, 6) is 0.576. The van der Waals surface area contributed by atoms with Gasteiger partial charge in [-0.3, -0.25) is 9.78 Å². The highest BCUT2D eigenvalue weighted by atomic mass is 16.1. The fourth-order valence-electron chi connectivity index (χ4n) is 2.03. The molecule has 1 aromatic carbocycles.